The average Bonchev–Trinajstić information content (AvgIpc) is 2.68. The van der Waals surface area contributed by atoms with Crippen molar-refractivity contribution in [3.63, 3.8) is 0 Å². The number of ketones is 1. The molecule has 142 valence electrons. The molecule has 0 heterocycles. The van der Waals surface area contributed by atoms with Gasteiger partial charge in [-0.05, 0) is 79.2 Å². The maximum atomic E-state index is 13.0. The fourth-order valence-electron chi connectivity index (χ4n) is 2.51. The topological polar surface area (TPSA) is 52.6 Å². The van der Waals surface area contributed by atoms with Crippen molar-refractivity contribution >= 4 is 23.4 Å². The molecule has 0 fully saturated rings. The van der Waals surface area contributed by atoms with Crippen LogP contribution in [0.15, 0.2) is 66.7 Å². The van der Waals surface area contributed by atoms with Gasteiger partial charge in [-0.1, -0.05) is 11.6 Å². The lowest BCUT2D eigenvalue weighted by Gasteiger charge is -2.09. The predicted molar refractivity (Wildman–Crippen MR) is 104 cm³/mol. The van der Waals surface area contributed by atoms with E-state index >= 15 is 0 Å². The molecule has 28 heavy (non-hydrogen) atoms. The Bertz CT molecular complexity index is 998. The van der Waals surface area contributed by atoms with Crippen LogP contribution in [0.4, 0.5) is 4.39 Å². The van der Waals surface area contributed by atoms with Gasteiger partial charge in [0.25, 0.3) is 0 Å². The molecular formula is C22H16ClFO4. The van der Waals surface area contributed by atoms with Gasteiger partial charge in [-0.25, -0.2) is 9.18 Å². The van der Waals surface area contributed by atoms with E-state index in [-0.39, 0.29) is 18.1 Å². The normalized spacial score (nSPS) is 10.4. The molecule has 0 amide bonds. The van der Waals surface area contributed by atoms with Gasteiger partial charge < -0.3 is 9.47 Å². The lowest BCUT2D eigenvalue weighted by Crippen LogP contribution is -2.18. The first-order chi connectivity index (χ1) is 13.4. The molecule has 3 aromatic carbocycles. The van der Waals surface area contributed by atoms with E-state index in [2.05, 4.69) is 0 Å². The first kappa shape index (κ1) is 19.6. The first-order valence-corrected chi connectivity index (χ1v) is 8.80. The molecule has 0 atom stereocenters. The van der Waals surface area contributed by atoms with Crippen LogP contribution in [0.25, 0.3) is 0 Å². The maximum Gasteiger partial charge on any atom is 0.349 e. The molecular weight excluding hydrogens is 383 g/mol. The zero-order valence-corrected chi connectivity index (χ0v) is 15.7. The fraction of sp³-hybridized carbons (Fsp3) is 0.0909. The number of hydrogen-bond acceptors (Lipinski definition) is 4. The van der Waals surface area contributed by atoms with E-state index in [1.54, 1.807) is 30.3 Å². The number of ether oxygens (including phenoxy) is 2. The van der Waals surface area contributed by atoms with E-state index in [9.17, 15) is 14.0 Å². The molecule has 0 saturated heterocycles. The Morgan fingerprint density at radius 1 is 0.929 bits per heavy atom. The molecule has 4 nitrogen and oxygen atoms in total. The molecule has 0 saturated carbocycles. The zero-order chi connectivity index (χ0) is 20.1. The van der Waals surface area contributed by atoms with Gasteiger partial charge in [-0.15, -0.1) is 0 Å². The molecule has 3 aromatic rings. The van der Waals surface area contributed by atoms with Crippen molar-refractivity contribution in [2.45, 2.75) is 6.92 Å². The van der Waals surface area contributed by atoms with E-state index < -0.39 is 11.8 Å². The lowest BCUT2D eigenvalue weighted by atomic mass is 10.0. The molecule has 0 aliphatic carbocycles. The highest BCUT2D eigenvalue weighted by Gasteiger charge is 2.11. The maximum absolute atomic E-state index is 13.0. The van der Waals surface area contributed by atoms with E-state index in [4.69, 9.17) is 21.1 Å². The van der Waals surface area contributed by atoms with Crippen molar-refractivity contribution in [2.75, 3.05) is 6.61 Å². The summed E-state index contributed by atoms with van der Waals surface area (Å²) in [5.41, 5.74) is 1.58. The van der Waals surface area contributed by atoms with Crippen LogP contribution in [-0.2, 0) is 4.79 Å². The first-order valence-electron chi connectivity index (χ1n) is 8.42. The van der Waals surface area contributed by atoms with Crippen LogP contribution in [0.5, 0.6) is 11.5 Å². The van der Waals surface area contributed by atoms with Crippen molar-refractivity contribution < 1.29 is 23.5 Å². The quantitative estimate of drug-likeness (QED) is 0.333. The van der Waals surface area contributed by atoms with Gasteiger partial charge in [0.2, 0.25) is 0 Å². The van der Waals surface area contributed by atoms with Gasteiger partial charge in [0.1, 0.15) is 17.3 Å². The van der Waals surface area contributed by atoms with Crippen LogP contribution in [0.3, 0.4) is 0 Å². The molecule has 0 aromatic heterocycles. The number of aryl methyl sites for hydroxylation is 1. The van der Waals surface area contributed by atoms with Crippen LogP contribution in [0.2, 0.25) is 5.02 Å². The summed E-state index contributed by atoms with van der Waals surface area (Å²) in [6.45, 7) is 1.56. The minimum absolute atomic E-state index is 0.251. The van der Waals surface area contributed by atoms with Gasteiger partial charge in [0.15, 0.2) is 12.4 Å². The van der Waals surface area contributed by atoms with Crippen LogP contribution in [0.1, 0.15) is 21.5 Å². The monoisotopic (exact) mass is 398 g/mol. The second-order valence-corrected chi connectivity index (χ2v) is 6.47. The molecule has 0 bridgehead atoms. The summed E-state index contributed by atoms with van der Waals surface area (Å²) in [5, 5.41) is 0.586. The Balaban J connectivity index is 1.58. The van der Waals surface area contributed by atoms with Gasteiger partial charge in [0.05, 0.1) is 0 Å². The predicted octanol–water partition coefficient (Wildman–Crippen LogP) is 5.00. The standard InChI is InChI=1S/C22H16ClFO4/c1-14-12-17(23)6-11-20(14)27-13-21(25)28-19-9-4-16(5-10-19)22(26)15-2-7-18(24)8-3-15/h2-12H,13H2,1H3. The number of carbonyl (C=O) groups is 2. The highest BCUT2D eigenvalue weighted by atomic mass is 35.5. The van der Waals surface area contributed by atoms with Crippen LogP contribution in [0, 0.1) is 12.7 Å². The third-order valence-electron chi connectivity index (χ3n) is 3.94. The van der Waals surface area contributed by atoms with Crippen molar-refractivity contribution in [1.82, 2.24) is 0 Å². The molecule has 3 rings (SSSR count). The molecule has 6 heteroatoms. The van der Waals surface area contributed by atoms with E-state index in [0.717, 1.165) is 5.56 Å². The van der Waals surface area contributed by atoms with Gasteiger partial charge in [-0.2, -0.15) is 0 Å². The van der Waals surface area contributed by atoms with Gasteiger partial charge in [0, 0.05) is 16.1 Å². The van der Waals surface area contributed by atoms with E-state index in [0.29, 0.717) is 21.9 Å². The number of carbonyl (C=O) groups excluding carboxylic acids is 2. The number of esters is 1. The molecule has 0 aliphatic rings. The third kappa shape index (κ3) is 4.96. The van der Waals surface area contributed by atoms with Crippen molar-refractivity contribution in [2.24, 2.45) is 0 Å². The Labute approximate surface area is 166 Å². The van der Waals surface area contributed by atoms with Crippen molar-refractivity contribution in [3.05, 3.63) is 94.3 Å². The van der Waals surface area contributed by atoms with E-state index in [1.165, 1.54) is 36.4 Å². The SMILES string of the molecule is Cc1cc(Cl)ccc1OCC(=O)Oc1ccc(C(=O)c2ccc(F)cc2)cc1. The van der Waals surface area contributed by atoms with Gasteiger partial charge in [-0.3, -0.25) is 4.79 Å². The van der Waals surface area contributed by atoms with Gasteiger partial charge >= 0.3 is 5.97 Å². The summed E-state index contributed by atoms with van der Waals surface area (Å²) in [4.78, 5) is 24.3. The molecule has 0 spiro atoms. The molecule has 0 radical (unpaired) electrons. The second-order valence-electron chi connectivity index (χ2n) is 6.03. The molecule has 0 aliphatic heterocycles. The highest BCUT2D eigenvalue weighted by Crippen LogP contribution is 2.22. The molecule has 0 N–H and O–H groups in total. The zero-order valence-electron chi connectivity index (χ0n) is 14.9. The summed E-state index contributed by atoms with van der Waals surface area (Å²) >= 11 is 5.88. The second kappa shape index (κ2) is 8.67. The van der Waals surface area contributed by atoms with Crippen molar-refractivity contribution in [3.8, 4) is 11.5 Å². The number of hydrogen-bond donors (Lipinski definition) is 0. The smallest absolute Gasteiger partial charge is 0.349 e. The lowest BCUT2D eigenvalue weighted by molar-refractivity contribution is -0.136. The fourth-order valence-corrected chi connectivity index (χ4v) is 2.74. The minimum Gasteiger partial charge on any atom is -0.482 e. The summed E-state index contributed by atoms with van der Waals surface area (Å²) < 4.78 is 23.6. The van der Waals surface area contributed by atoms with Crippen LogP contribution < -0.4 is 9.47 Å². The third-order valence-corrected chi connectivity index (χ3v) is 4.17. The number of halogens is 2. The largest absolute Gasteiger partial charge is 0.482 e. The van der Waals surface area contributed by atoms with Crippen molar-refractivity contribution in [1.29, 1.82) is 0 Å². The summed E-state index contributed by atoms with van der Waals surface area (Å²) in [5.74, 6) is -0.403. The highest BCUT2D eigenvalue weighted by molar-refractivity contribution is 6.30. The van der Waals surface area contributed by atoms with Crippen LogP contribution >= 0.6 is 11.6 Å². The summed E-state index contributed by atoms with van der Waals surface area (Å²) in [6, 6.07) is 16.5. The Morgan fingerprint density at radius 3 is 2.14 bits per heavy atom. The Hall–Kier alpha value is -3.18. The Morgan fingerprint density at radius 2 is 1.54 bits per heavy atom. The minimum atomic E-state index is -0.577. The average molecular weight is 399 g/mol. The molecule has 0 unspecified atom stereocenters. The van der Waals surface area contributed by atoms with E-state index in [1.807, 2.05) is 6.92 Å². The van der Waals surface area contributed by atoms with Crippen LogP contribution in [-0.4, -0.2) is 18.4 Å². The number of rotatable bonds is 6. The summed E-state index contributed by atoms with van der Waals surface area (Å²) in [7, 11) is 0. The Kier molecular flexibility index (Phi) is 6.06. The summed E-state index contributed by atoms with van der Waals surface area (Å²) in [6.07, 6.45) is 0. The number of benzene rings is 3.